The van der Waals surface area contributed by atoms with E-state index in [1.54, 1.807) is 0 Å². The lowest BCUT2D eigenvalue weighted by molar-refractivity contribution is -0.138. The number of esters is 1. The topological polar surface area (TPSA) is 32.8 Å². The summed E-state index contributed by atoms with van der Waals surface area (Å²) in [4.78, 5) is 16.9. The summed E-state index contributed by atoms with van der Waals surface area (Å²) >= 11 is 0. The Morgan fingerprint density at radius 3 is 2.28 bits per heavy atom. The SMILES string of the molecule is CCOC(=O)C1=CCCN(CCCN2c3ccccc3CCc3ccccc32)C1. The Balaban J connectivity index is 1.44. The molecule has 0 bridgehead atoms. The van der Waals surface area contributed by atoms with Gasteiger partial charge in [0.05, 0.1) is 6.61 Å². The monoisotopic (exact) mass is 390 g/mol. The van der Waals surface area contributed by atoms with Crippen LogP contribution in [0.5, 0.6) is 0 Å². The van der Waals surface area contributed by atoms with Gasteiger partial charge in [0.2, 0.25) is 0 Å². The molecule has 2 aromatic carbocycles. The Hall–Kier alpha value is -2.59. The molecule has 2 heterocycles. The van der Waals surface area contributed by atoms with Crippen molar-refractivity contribution in [3.8, 4) is 0 Å². The van der Waals surface area contributed by atoms with Crippen molar-refractivity contribution in [2.24, 2.45) is 0 Å². The fourth-order valence-corrected chi connectivity index (χ4v) is 4.43. The van der Waals surface area contributed by atoms with Crippen LogP contribution in [0.25, 0.3) is 0 Å². The summed E-state index contributed by atoms with van der Waals surface area (Å²) in [6, 6.07) is 17.6. The van der Waals surface area contributed by atoms with E-state index in [4.69, 9.17) is 4.74 Å². The lowest BCUT2D eigenvalue weighted by Gasteiger charge is -2.30. The average molecular weight is 391 g/mol. The second-order valence-electron chi connectivity index (χ2n) is 7.78. The summed E-state index contributed by atoms with van der Waals surface area (Å²) in [6.45, 7) is 5.96. The van der Waals surface area contributed by atoms with E-state index in [1.165, 1.54) is 22.5 Å². The molecule has 2 aromatic rings. The van der Waals surface area contributed by atoms with Crippen LogP contribution in [0.4, 0.5) is 11.4 Å². The Bertz CT molecular complexity index is 842. The lowest BCUT2D eigenvalue weighted by Crippen LogP contribution is -2.35. The van der Waals surface area contributed by atoms with Gasteiger partial charge in [-0.15, -0.1) is 0 Å². The summed E-state index contributed by atoms with van der Waals surface area (Å²) in [6.07, 6.45) is 6.19. The maximum absolute atomic E-state index is 12.1. The van der Waals surface area contributed by atoms with Crippen LogP contribution in [-0.4, -0.2) is 43.7 Å². The van der Waals surface area contributed by atoms with Crippen molar-refractivity contribution in [3.05, 3.63) is 71.3 Å². The summed E-state index contributed by atoms with van der Waals surface area (Å²) < 4.78 is 5.18. The highest BCUT2D eigenvalue weighted by Gasteiger charge is 2.22. The number of rotatable bonds is 6. The molecule has 4 nitrogen and oxygen atoms in total. The Morgan fingerprint density at radius 1 is 0.966 bits per heavy atom. The third kappa shape index (κ3) is 4.54. The Kier molecular flexibility index (Phi) is 6.30. The van der Waals surface area contributed by atoms with Crippen molar-refractivity contribution in [1.82, 2.24) is 4.90 Å². The fraction of sp³-hybridized carbons (Fsp3) is 0.400. The molecule has 0 aromatic heterocycles. The van der Waals surface area contributed by atoms with Crippen LogP contribution in [0, 0.1) is 0 Å². The van der Waals surface area contributed by atoms with Crippen LogP contribution in [0.15, 0.2) is 60.2 Å². The number of hydrogen-bond donors (Lipinski definition) is 0. The summed E-state index contributed by atoms with van der Waals surface area (Å²) in [7, 11) is 0. The van der Waals surface area contributed by atoms with E-state index < -0.39 is 0 Å². The molecule has 2 aliphatic rings. The van der Waals surface area contributed by atoms with Gasteiger partial charge in [-0.25, -0.2) is 4.79 Å². The van der Waals surface area contributed by atoms with Gasteiger partial charge in [-0.1, -0.05) is 42.5 Å². The third-order valence-corrected chi connectivity index (χ3v) is 5.85. The van der Waals surface area contributed by atoms with Gasteiger partial charge in [-0.05, 0) is 55.9 Å². The number of carbonyl (C=O) groups is 1. The summed E-state index contributed by atoms with van der Waals surface area (Å²) in [5, 5.41) is 0. The third-order valence-electron chi connectivity index (χ3n) is 5.85. The highest BCUT2D eigenvalue weighted by Crippen LogP contribution is 2.35. The van der Waals surface area contributed by atoms with Crippen molar-refractivity contribution >= 4 is 17.3 Å². The van der Waals surface area contributed by atoms with Gasteiger partial charge in [0.25, 0.3) is 0 Å². The first kappa shape index (κ1) is 19.7. The molecule has 29 heavy (non-hydrogen) atoms. The lowest BCUT2D eigenvalue weighted by atomic mass is 10.0. The predicted molar refractivity (Wildman–Crippen MR) is 118 cm³/mol. The quantitative estimate of drug-likeness (QED) is 0.680. The zero-order valence-corrected chi connectivity index (χ0v) is 17.3. The Morgan fingerprint density at radius 2 is 1.62 bits per heavy atom. The van der Waals surface area contributed by atoms with Crippen LogP contribution >= 0.6 is 0 Å². The molecule has 2 aliphatic heterocycles. The first-order valence-corrected chi connectivity index (χ1v) is 10.8. The van der Waals surface area contributed by atoms with Gasteiger partial charge in [0.15, 0.2) is 0 Å². The van der Waals surface area contributed by atoms with Crippen LogP contribution in [-0.2, 0) is 22.4 Å². The van der Waals surface area contributed by atoms with E-state index in [0.717, 1.165) is 50.9 Å². The zero-order chi connectivity index (χ0) is 20.1. The molecule has 0 saturated heterocycles. The van der Waals surface area contributed by atoms with E-state index in [2.05, 4.69) is 58.3 Å². The van der Waals surface area contributed by atoms with Crippen LogP contribution in [0.2, 0.25) is 0 Å². The largest absolute Gasteiger partial charge is 0.463 e. The smallest absolute Gasteiger partial charge is 0.334 e. The van der Waals surface area contributed by atoms with Crippen molar-refractivity contribution in [3.63, 3.8) is 0 Å². The van der Waals surface area contributed by atoms with E-state index in [1.807, 2.05) is 13.0 Å². The number of ether oxygens (including phenoxy) is 1. The molecular weight excluding hydrogens is 360 g/mol. The minimum atomic E-state index is -0.160. The van der Waals surface area contributed by atoms with Crippen LogP contribution in [0.3, 0.4) is 0 Å². The van der Waals surface area contributed by atoms with Crippen LogP contribution in [0.1, 0.15) is 30.9 Å². The predicted octanol–water partition coefficient (Wildman–Crippen LogP) is 4.51. The molecule has 0 unspecified atom stereocenters. The van der Waals surface area contributed by atoms with Gasteiger partial charge in [-0.3, -0.25) is 4.90 Å². The minimum Gasteiger partial charge on any atom is -0.463 e. The summed E-state index contributed by atoms with van der Waals surface area (Å²) in [5.41, 5.74) is 6.33. The maximum Gasteiger partial charge on any atom is 0.334 e. The molecule has 0 atom stereocenters. The van der Waals surface area contributed by atoms with Gasteiger partial charge in [0.1, 0.15) is 0 Å². The molecule has 0 amide bonds. The van der Waals surface area contributed by atoms with E-state index >= 15 is 0 Å². The van der Waals surface area contributed by atoms with Gasteiger partial charge >= 0.3 is 5.97 Å². The van der Waals surface area contributed by atoms with Gasteiger partial charge in [0, 0.05) is 43.1 Å². The fourth-order valence-electron chi connectivity index (χ4n) is 4.43. The molecule has 152 valence electrons. The van der Waals surface area contributed by atoms with Crippen LogP contribution < -0.4 is 4.90 Å². The van der Waals surface area contributed by atoms with Gasteiger partial charge in [-0.2, -0.15) is 0 Å². The highest BCUT2D eigenvalue weighted by atomic mass is 16.5. The highest BCUT2D eigenvalue weighted by molar-refractivity contribution is 5.89. The summed E-state index contributed by atoms with van der Waals surface area (Å²) in [5.74, 6) is -0.160. The number of carbonyl (C=O) groups excluding carboxylic acids is 1. The number of fused-ring (bicyclic) bond motifs is 2. The molecule has 0 saturated carbocycles. The molecular formula is C25H30N2O2. The number of para-hydroxylation sites is 2. The number of hydrogen-bond acceptors (Lipinski definition) is 4. The molecule has 0 radical (unpaired) electrons. The number of anilines is 2. The first-order chi connectivity index (χ1) is 14.3. The van der Waals surface area contributed by atoms with E-state index in [-0.39, 0.29) is 5.97 Å². The van der Waals surface area contributed by atoms with Crippen molar-refractivity contribution in [1.29, 1.82) is 0 Å². The van der Waals surface area contributed by atoms with Crippen molar-refractivity contribution in [2.75, 3.05) is 37.7 Å². The van der Waals surface area contributed by atoms with E-state index in [9.17, 15) is 4.79 Å². The molecule has 0 aliphatic carbocycles. The molecule has 0 fully saturated rings. The second kappa shape index (κ2) is 9.27. The minimum absolute atomic E-state index is 0.160. The number of nitrogens with zero attached hydrogens (tertiary/aromatic N) is 2. The zero-order valence-electron chi connectivity index (χ0n) is 17.3. The van der Waals surface area contributed by atoms with E-state index in [0.29, 0.717) is 13.2 Å². The standard InChI is InChI=1S/C25H30N2O2/c1-2-29-25(28)22-11-7-16-26(19-22)17-8-18-27-23-12-5-3-9-20(23)14-15-21-10-4-6-13-24(21)27/h3-6,9-13H,2,7-8,14-19H2,1H3. The van der Waals surface area contributed by atoms with Crippen molar-refractivity contribution in [2.45, 2.75) is 32.6 Å². The molecule has 0 spiro atoms. The molecule has 0 N–H and O–H groups in total. The van der Waals surface area contributed by atoms with Crippen molar-refractivity contribution < 1.29 is 9.53 Å². The normalized spacial score (nSPS) is 16.4. The number of aryl methyl sites for hydroxylation is 2. The van der Waals surface area contributed by atoms with Gasteiger partial charge < -0.3 is 9.64 Å². The maximum atomic E-state index is 12.1. The Labute approximate surface area is 173 Å². The molecule has 4 heteroatoms. The average Bonchev–Trinajstić information content (AvgIpc) is 2.92. The molecule has 4 rings (SSSR count). The number of benzene rings is 2. The first-order valence-electron chi connectivity index (χ1n) is 10.8. The second-order valence-corrected chi connectivity index (χ2v) is 7.78.